The molecule has 0 radical (unpaired) electrons. The Balaban J connectivity index is 2.12. The maximum atomic E-state index is 12.0. The van der Waals surface area contributed by atoms with Gasteiger partial charge in [0, 0.05) is 17.6 Å². The van der Waals surface area contributed by atoms with Gasteiger partial charge in [-0.1, -0.05) is 31.2 Å². The van der Waals surface area contributed by atoms with Crippen molar-refractivity contribution in [1.29, 1.82) is 0 Å². The van der Waals surface area contributed by atoms with E-state index >= 15 is 0 Å². The van der Waals surface area contributed by atoms with Gasteiger partial charge in [0.2, 0.25) is 5.91 Å². The Labute approximate surface area is 108 Å². The summed E-state index contributed by atoms with van der Waals surface area (Å²) in [5.74, 6) is 0.893. The van der Waals surface area contributed by atoms with Crippen molar-refractivity contribution in [3.63, 3.8) is 0 Å². The van der Waals surface area contributed by atoms with E-state index in [0.717, 1.165) is 29.7 Å². The second-order valence-electron chi connectivity index (χ2n) is 4.50. The molecule has 1 aliphatic rings. The van der Waals surface area contributed by atoms with Gasteiger partial charge in [-0.05, 0) is 19.4 Å². The fourth-order valence-electron chi connectivity index (χ4n) is 2.16. The Morgan fingerprint density at radius 3 is 3.06 bits per heavy atom. The van der Waals surface area contributed by atoms with Crippen molar-refractivity contribution in [1.82, 2.24) is 5.32 Å². The van der Waals surface area contributed by atoms with Crippen LogP contribution >= 0.6 is 0 Å². The Bertz CT molecular complexity index is 465. The molecular formula is C15H19NO2. The molecule has 96 valence electrons. The fraction of sp³-hybridized carbons (Fsp3) is 0.400. The Hall–Kier alpha value is -1.77. The van der Waals surface area contributed by atoms with Crippen molar-refractivity contribution in [2.75, 3.05) is 6.61 Å². The third kappa shape index (κ3) is 2.73. The molecule has 1 heterocycles. The molecule has 0 spiro atoms. The minimum Gasteiger partial charge on any atom is -0.493 e. The average Bonchev–Trinajstić information content (AvgIpc) is 2.39. The first-order valence-electron chi connectivity index (χ1n) is 6.41. The molecule has 0 aliphatic carbocycles. The van der Waals surface area contributed by atoms with Crippen molar-refractivity contribution in [3.05, 3.63) is 41.5 Å². The second kappa shape index (κ2) is 5.71. The maximum absolute atomic E-state index is 12.0. The van der Waals surface area contributed by atoms with Crippen LogP contribution in [0.25, 0.3) is 0 Å². The van der Waals surface area contributed by atoms with Crippen LogP contribution in [-0.4, -0.2) is 12.5 Å². The van der Waals surface area contributed by atoms with Crippen molar-refractivity contribution < 1.29 is 9.53 Å². The van der Waals surface area contributed by atoms with Crippen LogP contribution in [0.5, 0.6) is 5.75 Å². The van der Waals surface area contributed by atoms with E-state index in [1.54, 1.807) is 0 Å². The normalized spacial score (nSPS) is 18.8. The summed E-state index contributed by atoms with van der Waals surface area (Å²) in [6.07, 6.45) is 3.65. The molecule has 18 heavy (non-hydrogen) atoms. The van der Waals surface area contributed by atoms with Crippen LogP contribution in [-0.2, 0) is 4.79 Å². The summed E-state index contributed by atoms with van der Waals surface area (Å²) >= 11 is 0. The number of benzene rings is 1. The average molecular weight is 245 g/mol. The quantitative estimate of drug-likeness (QED) is 0.831. The number of ether oxygens (including phenoxy) is 1. The van der Waals surface area contributed by atoms with Crippen molar-refractivity contribution in [2.24, 2.45) is 0 Å². The lowest BCUT2D eigenvalue weighted by molar-refractivity contribution is -0.118. The summed E-state index contributed by atoms with van der Waals surface area (Å²) < 4.78 is 5.58. The minimum absolute atomic E-state index is 0.0125. The van der Waals surface area contributed by atoms with Gasteiger partial charge < -0.3 is 10.1 Å². The SMILES string of the molecule is CC/C=C(\C)C(=O)NC1CCOc2ccccc21. The number of fused-ring (bicyclic) bond motifs is 1. The lowest BCUT2D eigenvalue weighted by Crippen LogP contribution is -2.32. The third-order valence-electron chi connectivity index (χ3n) is 3.13. The molecule has 1 amide bonds. The van der Waals surface area contributed by atoms with Crippen LogP contribution in [0.2, 0.25) is 0 Å². The minimum atomic E-state index is 0.0125. The molecule has 3 nitrogen and oxygen atoms in total. The molecule has 0 fully saturated rings. The molecule has 1 aromatic rings. The molecule has 1 aliphatic heterocycles. The summed E-state index contributed by atoms with van der Waals surface area (Å²) in [5.41, 5.74) is 1.85. The molecule has 2 rings (SSSR count). The summed E-state index contributed by atoms with van der Waals surface area (Å²) in [7, 11) is 0. The summed E-state index contributed by atoms with van der Waals surface area (Å²) in [4.78, 5) is 12.0. The van der Waals surface area contributed by atoms with E-state index in [2.05, 4.69) is 5.32 Å². The van der Waals surface area contributed by atoms with Crippen molar-refractivity contribution in [3.8, 4) is 5.75 Å². The van der Waals surface area contributed by atoms with Crippen LogP contribution in [0, 0.1) is 0 Å². The second-order valence-corrected chi connectivity index (χ2v) is 4.50. The monoisotopic (exact) mass is 245 g/mol. The molecule has 3 heteroatoms. The predicted octanol–water partition coefficient (Wildman–Crippen LogP) is 2.98. The topological polar surface area (TPSA) is 38.3 Å². The largest absolute Gasteiger partial charge is 0.493 e. The first-order chi connectivity index (χ1) is 8.72. The smallest absolute Gasteiger partial charge is 0.247 e. The van der Waals surface area contributed by atoms with E-state index < -0.39 is 0 Å². The van der Waals surface area contributed by atoms with Gasteiger partial charge in [-0.15, -0.1) is 0 Å². The molecule has 1 atom stereocenters. The number of para-hydroxylation sites is 1. The Kier molecular flexibility index (Phi) is 4.03. The molecule has 0 bridgehead atoms. The highest BCUT2D eigenvalue weighted by molar-refractivity contribution is 5.93. The highest BCUT2D eigenvalue weighted by atomic mass is 16.5. The fourth-order valence-corrected chi connectivity index (χ4v) is 2.16. The van der Waals surface area contributed by atoms with E-state index in [-0.39, 0.29) is 11.9 Å². The van der Waals surface area contributed by atoms with Crippen LogP contribution in [0.3, 0.4) is 0 Å². The molecule has 1 unspecified atom stereocenters. The van der Waals surface area contributed by atoms with Gasteiger partial charge >= 0.3 is 0 Å². The van der Waals surface area contributed by atoms with E-state index in [1.807, 2.05) is 44.2 Å². The maximum Gasteiger partial charge on any atom is 0.247 e. The van der Waals surface area contributed by atoms with Crippen LogP contribution < -0.4 is 10.1 Å². The van der Waals surface area contributed by atoms with E-state index in [1.165, 1.54) is 0 Å². The van der Waals surface area contributed by atoms with Gasteiger partial charge in [0.1, 0.15) is 5.75 Å². The number of carbonyl (C=O) groups is 1. The van der Waals surface area contributed by atoms with Crippen LogP contribution in [0.4, 0.5) is 0 Å². The first kappa shape index (κ1) is 12.7. The van der Waals surface area contributed by atoms with Gasteiger partial charge in [0.05, 0.1) is 12.6 Å². The highest BCUT2D eigenvalue weighted by Crippen LogP contribution is 2.31. The molecular weight excluding hydrogens is 226 g/mol. The molecule has 0 saturated heterocycles. The van der Waals surface area contributed by atoms with E-state index in [4.69, 9.17) is 4.74 Å². The summed E-state index contributed by atoms with van der Waals surface area (Å²) in [6.45, 7) is 4.53. The Morgan fingerprint density at radius 1 is 1.50 bits per heavy atom. The molecule has 0 saturated carbocycles. The van der Waals surface area contributed by atoms with Gasteiger partial charge in [0.25, 0.3) is 0 Å². The van der Waals surface area contributed by atoms with Crippen LogP contribution in [0.1, 0.15) is 38.3 Å². The Morgan fingerprint density at radius 2 is 2.28 bits per heavy atom. The predicted molar refractivity (Wildman–Crippen MR) is 71.5 cm³/mol. The molecule has 0 aromatic heterocycles. The number of amides is 1. The molecule has 1 N–H and O–H groups in total. The number of hydrogen-bond acceptors (Lipinski definition) is 2. The van der Waals surface area contributed by atoms with Crippen molar-refractivity contribution in [2.45, 2.75) is 32.7 Å². The van der Waals surface area contributed by atoms with Crippen LogP contribution in [0.15, 0.2) is 35.9 Å². The number of nitrogens with one attached hydrogen (secondary N) is 1. The number of hydrogen-bond donors (Lipinski definition) is 1. The zero-order valence-electron chi connectivity index (χ0n) is 10.9. The number of carbonyl (C=O) groups excluding carboxylic acids is 1. The zero-order valence-corrected chi connectivity index (χ0v) is 10.9. The molecule has 1 aromatic carbocycles. The van der Waals surface area contributed by atoms with Gasteiger partial charge in [-0.3, -0.25) is 4.79 Å². The standard InChI is InChI=1S/C15H19NO2/c1-3-6-11(2)15(17)16-13-9-10-18-14-8-5-4-7-12(13)14/h4-8,13H,3,9-10H2,1-2H3,(H,16,17)/b11-6+. The third-order valence-corrected chi connectivity index (χ3v) is 3.13. The van der Waals surface area contributed by atoms with E-state index in [9.17, 15) is 4.79 Å². The number of allylic oxidation sites excluding steroid dienone is 1. The van der Waals surface area contributed by atoms with Gasteiger partial charge in [-0.25, -0.2) is 0 Å². The lowest BCUT2D eigenvalue weighted by atomic mass is 10.00. The lowest BCUT2D eigenvalue weighted by Gasteiger charge is -2.26. The first-order valence-corrected chi connectivity index (χ1v) is 6.41. The summed E-state index contributed by atoms with van der Waals surface area (Å²) in [5, 5.41) is 3.07. The van der Waals surface area contributed by atoms with E-state index in [0.29, 0.717) is 6.61 Å². The highest BCUT2D eigenvalue weighted by Gasteiger charge is 2.22. The number of rotatable bonds is 3. The van der Waals surface area contributed by atoms with Crippen molar-refractivity contribution >= 4 is 5.91 Å². The van der Waals surface area contributed by atoms with Gasteiger partial charge in [-0.2, -0.15) is 0 Å². The summed E-state index contributed by atoms with van der Waals surface area (Å²) in [6, 6.07) is 7.94. The zero-order chi connectivity index (χ0) is 13.0. The van der Waals surface area contributed by atoms with Gasteiger partial charge in [0.15, 0.2) is 0 Å².